The van der Waals surface area contributed by atoms with Gasteiger partial charge in [-0.2, -0.15) is 0 Å². The van der Waals surface area contributed by atoms with Gasteiger partial charge in [0.1, 0.15) is 5.75 Å². The van der Waals surface area contributed by atoms with Crippen LogP contribution in [0, 0.1) is 0 Å². The zero-order chi connectivity index (χ0) is 14.4. The molecule has 6 heteroatoms. The number of benzene rings is 1. The average molecular weight is 278 g/mol. The van der Waals surface area contributed by atoms with Crippen molar-refractivity contribution >= 4 is 17.7 Å². The number of carboxylic acids is 1. The summed E-state index contributed by atoms with van der Waals surface area (Å²) in [6.45, 7) is 1.22. The number of carbonyl (C=O) groups is 2. The van der Waals surface area contributed by atoms with Crippen LogP contribution < -0.4 is 10.1 Å². The van der Waals surface area contributed by atoms with Gasteiger partial charge in [-0.3, -0.25) is 0 Å². The molecule has 0 atom stereocenters. The number of ether oxygens (including phenoxy) is 1. The van der Waals surface area contributed by atoms with Gasteiger partial charge in [-0.1, -0.05) is 0 Å². The van der Waals surface area contributed by atoms with Crippen molar-refractivity contribution in [1.82, 2.24) is 4.90 Å². The molecule has 20 heavy (non-hydrogen) atoms. The van der Waals surface area contributed by atoms with E-state index in [1.54, 1.807) is 29.2 Å². The lowest BCUT2D eigenvalue weighted by molar-refractivity contribution is -0.139. The fourth-order valence-electron chi connectivity index (χ4n) is 2.08. The summed E-state index contributed by atoms with van der Waals surface area (Å²) in [4.78, 5) is 24.1. The summed E-state index contributed by atoms with van der Waals surface area (Å²) in [5, 5.41) is 11.3. The van der Waals surface area contributed by atoms with Gasteiger partial charge in [-0.15, -0.1) is 0 Å². The summed E-state index contributed by atoms with van der Waals surface area (Å²) in [5.41, 5.74) is 0.670. The third kappa shape index (κ3) is 4.15. The molecule has 0 bridgehead atoms. The molecule has 2 N–H and O–H groups in total. The van der Waals surface area contributed by atoms with E-state index in [-0.39, 0.29) is 12.6 Å². The van der Waals surface area contributed by atoms with Crippen LogP contribution in [0.4, 0.5) is 10.5 Å². The molecule has 1 aromatic rings. The van der Waals surface area contributed by atoms with Gasteiger partial charge >= 0.3 is 12.0 Å². The zero-order valence-corrected chi connectivity index (χ0v) is 11.2. The Kier molecular flexibility index (Phi) is 4.81. The molecule has 1 aliphatic heterocycles. The van der Waals surface area contributed by atoms with E-state index < -0.39 is 5.97 Å². The summed E-state index contributed by atoms with van der Waals surface area (Å²) in [5.74, 6) is -0.559. The Bertz CT molecular complexity index is 467. The minimum atomic E-state index is -1.02. The predicted octanol–water partition coefficient (Wildman–Crippen LogP) is 2.17. The number of aliphatic carboxylic acids is 1. The smallest absolute Gasteiger partial charge is 0.341 e. The first kappa shape index (κ1) is 14.2. The normalized spacial score (nSPS) is 14.7. The van der Waals surface area contributed by atoms with Crippen LogP contribution in [0.1, 0.15) is 19.3 Å². The lowest BCUT2D eigenvalue weighted by Crippen LogP contribution is -2.38. The van der Waals surface area contributed by atoms with Gasteiger partial charge in [-0.05, 0) is 43.5 Å². The third-order valence-electron chi connectivity index (χ3n) is 3.11. The van der Waals surface area contributed by atoms with Crippen molar-refractivity contribution in [3.8, 4) is 5.75 Å². The Hall–Kier alpha value is -2.24. The maximum atomic E-state index is 12.0. The first-order chi connectivity index (χ1) is 9.65. The lowest BCUT2D eigenvalue weighted by atomic mass is 10.1. The van der Waals surface area contributed by atoms with Crippen LogP contribution in [0.25, 0.3) is 0 Å². The zero-order valence-electron chi connectivity index (χ0n) is 11.2. The minimum absolute atomic E-state index is 0.0936. The van der Waals surface area contributed by atoms with E-state index in [9.17, 15) is 9.59 Å². The van der Waals surface area contributed by atoms with E-state index in [0.717, 1.165) is 25.9 Å². The number of likely N-dealkylation sites (tertiary alicyclic amines) is 1. The van der Waals surface area contributed by atoms with Crippen LogP contribution in [0.5, 0.6) is 5.75 Å². The van der Waals surface area contributed by atoms with Crippen molar-refractivity contribution in [1.29, 1.82) is 0 Å². The Morgan fingerprint density at radius 2 is 1.80 bits per heavy atom. The number of piperidine rings is 1. The second-order valence-electron chi connectivity index (χ2n) is 4.68. The molecule has 0 radical (unpaired) electrons. The number of nitrogens with zero attached hydrogens (tertiary/aromatic N) is 1. The highest BCUT2D eigenvalue weighted by atomic mass is 16.5. The van der Waals surface area contributed by atoms with Crippen molar-refractivity contribution in [2.75, 3.05) is 25.0 Å². The molecule has 2 rings (SSSR count). The van der Waals surface area contributed by atoms with Gasteiger partial charge in [0.15, 0.2) is 6.61 Å². The number of anilines is 1. The van der Waals surface area contributed by atoms with Gasteiger partial charge in [0.05, 0.1) is 0 Å². The highest BCUT2D eigenvalue weighted by Crippen LogP contribution is 2.17. The van der Waals surface area contributed by atoms with Crippen molar-refractivity contribution in [3.63, 3.8) is 0 Å². The molecule has 1 heterocycles. The number of hydrogen-bond donors (Lipinski definition) is 2. The third-order valence-corrected chi connectivity index (χ3v) is 3.11. The fourth-order valence-corrected chi connectivity index (χ4v) is 2.08. The maximum absolute atomic E-state index is 12.0. The largest absolute Gasteiger partial charge is 0.482 e. The van der Waals surface area contributed by atoms with Crippen LogP contribution in [0.3, 0.4) is 0 Å². The molecule has 2 amide bonds. The SMILES string of the molecule is O=C(O)COc1ccc(NC(=O)N2CCCCC2)cc1. The molecule has 1 aliphatic rings. The van der Waals surface area contributed by atoms with E-state index in [1.807, 2.05) is 0 Å². The second kappa shape index (κ2) is 6.79. The van der Waals surface area contributed by atoms with Crippen molar-refractivity contribution in [3.05, 3.63) is 24.3 Å². The Morgan fingerprint density at radius 3 is 2.40 bits per heavy atom. The molecule has 1 saturated heterocycles. The number of nitrogens with one attached hydrogen (secondary N) is 1. The average Bonchev–Trinajstić information content (AvgIpc) is 2.47. The van der Waals surface area contributed by atoms with Crippen LogP contribution in [0.2, 0.25) is 0 Å². The predicted molar refractivity (Wildman–Crippen MR) is 74.0 cm³/mol. The van der Waals surface area contributed by atoms with E-state index >= 15 is 0 Å². The van der Waals surface area contributed by atoms with Gasteiger partial charge in [0, 0.05) is 18.8 Å². The molecular weight excluding hydrogens is 260 g/mol. The summed E-state index contributed by atoms with van der Waals surface area (Å²) < 4.78 is 5.02. The van der Waals surface area contributed by atoms with Crippen molar-refractivity contribution in [2.24, 2.45) is 0 Å². The van der Waals surface area contributed by atoms with Crippen LogP contribution >= 0.6 is 0 Å². The Balaban J connectivity index is 1.86. The van der Waals surface area contributed by atoms with E-state index in [0.29, 0.717) is 11.4 Å². The first-order valence-electron chi connectivity index (χ1n) is 6.66. The molecular formula is C14H18N2O4. The van der Waals surface area contributed by atoms with Gasteiger partial charge in [0.25, 0.3) is 0 Å². The van der Waals surface area contributed by atoms with Crippen molar-refractivity contribution in [2.45, 2.75) is 19.3 Å². The summed E-state index contributed by atoms with van der Waals surface area (Å²) >= 11 is 0. The standard InChI is InChI=1S/C14H18N2O4/c17-13(18)10-20-12-6-4-11(5-7-12)15-14(19)16-8-2-1-3-9-16/h4-7H,1-3,8-10H2,(H,15,19)(H,17,18). The number of rotatable bonds is 4. The van der Waals surface area contributed by atoms with Crippen molar-refractivity contribution < 1.29 is 19.4 Å². The van der Waals surface area contributed by atoms with E-state index in [2.05, 4.69) is 5.32 Å². The quantitative estimate of drug-likeness (QED) is 0.884. The van der Waals surface area contributed by atoms with E-state index in [4.69, 9.17) is 9.84 Å². The molecule has 108 valence electrons. The Morgan fingerprint density at radius 1 is 1.15 bits per heavy atom. The van der Waals surface area contributed by atoms with E-state index in [1.165, 1.54) is 6.42 Å². The summed E-state index contributed by atoms with van der Waals surface area (Å²) in [7, 11) is 0. The number of carbonyl (C=O) groups excluding carboxylic acids is 1. The highest BCUT2D eigenvalue weighted by Gasteiger charge is 2.16. The van der Waals surface area contributed by atoms with Gasteiger partial charge in [0.2, 0.25) is 0 Å². The van der Waals surface area contributed by atoms with Crippen LogP contribution in [0.15, 0.2) is 24.3 Å². The first-order valence-corrected chi connectivity index (χ1v) is 6.66. The Labute approximate surface area is 117 Å². The molecule has 0 aromatic heterocycles. The topological polar surface area (TPSA) is 78.9 Å². The molecule has 1 aromatic carbocycles. The monoisotopic (exact) mass is 278 g/mol. The lowest BCUT2D eigenvalue weighted by Gasteiger charge is -2.26. The fraction of sp³-hybridized carbons (Fsp3) is 0.429. The summed E-state index contributed by atoms with van der Waals surface area (Å²) in [6.07, 6.45) is 3.28. The number of urea groups is 1. The van der Waals surface area contributed by atoms with Crippen LogP contribution in [-0.2, 0) is 4.79 Å². The van der Waals surface area contributed by atoms with Gasteiger partial charge in [-0.25, -0.2) is 9.59 Å². The molecule has 0 unspecified atom stereocenters. The summed E-state index contributed by atoms with van der Waals surface area (Å²) in [6, 6.07) is 6.56. The number of carboxylic acid groups (broad SMARTS) is 1. The number of hydrogen-bond acceptors (Lipinski definition) is 3. The molecule has 6 nitrogen and oxygen atoms in total. The van der Waals surface area contributed by atoms with Gasteiger partial charge < -0.3 is 20.1 Å². The number of amides is 2. The second-order valence-corrected chi connectivity index (χ2v) is 4.68. The molecule has 0 saturated carbocycles. The van der Waals surface area contributed by atoms with Crippen LogP contribution in [-0.4, -0.2) is 41.7 Å². The molecule has 0 spiro atoms. The minimum Gasteiger partial charge on any atom is -0.482 e. The maximum Gasteiger partial charge on any atom is 0.341 e. The molecule has 0 aliphatic carbocycles. The molecule has 1 fully saturated rings. The highest BCUT2D eigenvalue weighted by molar-refractivity contribution is 5.89.